The molecule has 1 aliphatic carbocycles. The summed E-state index contributed by atoms with van der Waals surface area (Å²) in [5.41, 5.74) is 1.99. The van der Waals surface area contributed by atoms with Gasteiger partial charge in [0.2, 0.25) is 0 Å². The quantitative estimate of drug-likeness (QED) is 0.901. The van der Waals surface area contributed by atoms with Crippen molar-refractivity contribution in [2.45, 2.75) is 52.2 Å². The molecule has 0 unspecified atom stereocenters. The predicted molar refractivity (Wildman–Crippen MR) is 92.1 cm³/mol. The largest absolute Gasteiger partial charge is 0.486 e. The van der Waals surface area contributed by atoms with E-state index in [0.29, 0.717) is 17.5 Å². The highest BCUT2D eigenvalue weighted by atomic mass is 32.1. The Morgan fingerprint density at radius 3 is 2.65 bits per heavy atom. The average Bonchev–Trinajstić information content (AvgIpc) is 3.16. The molecule has 0 spiro atoms. The standard InChI is InChI=1S/C18H22N2O2S/c1-12-7-9-15(10-8-12)22-11-16-19-13(2)17(23-16)18(21)20-14-5-3-4-6-14/h7-10,14H,3-6,11H2,1-2H3,(H,20,21). The van der Waals surface area contributed by atoms with Gasteiger partial charge in [0.1, 0.15) is 22.2 Å². The fraction of sp³-hybridized carbons (Fsp3) is 0.444. The summed E-state index contributed by atoms with van der Waals surface area (Å²) in [5, 5.41) is 3.95. The Hall–Kier alpha value is -1.88. The Morgan fingerprint density at radius 2 is 1.96 bits per heavy atom. The number of aryl methyl sites for hydroxylation is 2. The summed E-state index contributed by atoms with van der Waals surface area (Å²) in [4.78, 5) is 17.5. The Kier molecular flexibility index (Phi) is 4.96. The van der Waals surface area contributed by atoms with Crippen molar-refractivity contribution in [1.82, 2.24) is 10.3 Å². The molecule has 1 amide bonds. The van der Waals surface area contributed by atoms with Crippen LogP contribution in [0.5, 0.6) is 5.75 Å². The number of nitrogens with zero attached hydrogens (tertiary/aromatic N) is 1. The molecule has 1 aromatic heterocycles. The molecule has 5 heteroatoms. The van der Waals surface area contributed by atoms with Gasteiger partial charge >= 0.3 is 0 Å². The number of rotatable bonds is 5. The normalized spacial score (nSPS) is 14.9. The minimum Gasteiger partial charge on any atom is -0.486 e. The summed E-state index contributed by atoms with van der Waals surface area (Å²) in [6.45, 7) is 4.32. The van der Waals surface area contributed by atoms with E-state index in [2.05, 4.69) is 10.3 Å². The monoisotopic (exact) mass is 330 g/mol. The molecule has 1 fully saturated rings. The maximum atomic E-state index is 12.4. The molecule has 122 valence electrons. The highest BCUT2D eigenvalue weighted by Crippen LogP contribution is 2.23. The lowest BCUT2D eigenvalue weighted by Crippen LogP contribution is -2.32. The smallest absolute Gasteiger partial charge is 0.263 e. The Labute approximate surface area is 140 Å². The molecule has 0 bridgehead atoms. The first-order valence-electron chi connectivity index (χ1n) is 8.08. The Bertz CT molecular complexity index is 673. The van der Waals surface area contributed by atoms with Crippen molar-refractivity contribution in [2.24, 2.45) is 0 Å². The molecule has 1 saturated carbocycles. The number of thiazole rings is 1. The maximum Gasteiger partial charge on any atom is 0.263 e. The van der Waals surface area contributed by atoms with Crippen LogP contribution in [0.4, 0.5) is 0 Å². The van der Waals surface area contributed by atoms with Gasteiger partial charge in [-0.25, -0.2) is 4.98 Å². The molecule has 1 heterocycles. The van der Waals surface area contributed by atoms with Gasteiger partial charge in [-0.15, -0.1) is 11.3 Å². The second kappa shape index (κ2) is 7.13. The van der Waals surface area contributed by atoms with Crippen molar-refractivity contribution < 1.29 is 9.53 Å². The molecule has 23 heavy (non-hydrogen) atoms. The lowest BCUT2D eigenvalue weighted by atomic mass is 10.2. The summed E-state index contributed by atoms with van der Waals surface area (Å²) >= 11 is 1.43. The molecule has 1 aliphatic rings. The molecule has 0 aliphatic heterocycles. The van der Waals surface area contributed by atoms with E-state index in [0.717, 1.165) is 29.3 Å². The van der Waals surface area contributed by atoms with E-state index in [9.17, 15) is 4.79 Å². The van der Waals surface area contributed by atoms with Crippen molar-refractivity contribution >= 4 is 17.2 Å². The second-order valence-electron chi connectivity index (χ2n) is 6.08. The average molecular weight is 330 g/mol. The summed E-state index contributed by atoms with van der Waals surface area (Å²) < 4.78 is 5.74. The van der Waals surface area contributed by atoms with Crippen molar-refractivity contribution in [2.75, 3.05) is 0 Å². The predicted octanol–water partition coefficient (Wildman–Crippen LogP) is 4.01. The van der Waals surface area contributed by atoms with Crippen molar-refractivity contribution in [3.8, 4) is 5.75 Å². The first-order chi connectivity index (χ1) is 11.1. The van der Waals surface area contributed by atoms with Crippen LogP contribution in [-0.2, 0) is 6.61 Å². The fourth-order valence-corrected chi connectivity index (χ4v) is 3.71. The van der Waals surface area contributed by atoms with Gasteiger partial charge in [-0.2, -0.15) is 0 Å². The minimum atomic E-state index is 0.00786. The zero-order chi connectivity index (χ0) is 16.2. The molecule has 3 rings (SSSR count). The van der Waals surface area contributed by atoms with Crippen LogP contribution in [-0.4, -0.2) is 16.9 Å². The number of ether oxygens (including phenoxy) is 1. The Morgan fingerprint density at radius 1 is 1.26 bits per heavy atom. The third kappa shape index (κ3) is 4.10. The van der Waals surface area contributed by atoms with Gasteiger partial charge in [-0.05, 0) is 38.8 Å². The molecule has 2 aromatic rings. The van der Waals surface area contributed by atoms with Crippen LogP contribution in [0.15, 0.2) is 24.3 Å². The highest BCUT2D eigenvalue weighted by molar-refractivity contribution is 7.13. The minimum absolute atomic E-state index is 0.00786. The number of benzene rings is 1. The van der Waals surface area contributed by atoms with Crippen molar-refractivity contribution in [1.29, 1.82) is 0 Å². The van der Waals surface area contributed by atoms with Crippen molar-refractivity contribution in [3.05, 3.63) is 45.4 Å². The van der Waals surface area contributed by atoms with Crippen LogP contribution in [0.3, 0.4) is 0 Å². The molecule has 0 radical (unpaired) electrons. The van der Waals surface area contributed by atoms with Crippen LogP contribution in [0.25, 0.3) is 0 Å². The summed E-state index contributed by atoms with van der Waals surface area (Å²) in [6, 6.07) is 8.26. The SMILES string of the molecule is Cc1ccc(OCc2nc(C)c(C(=O)NC3CCCC3)s2)cc1. The molecule has 4 nitrogen and oxygen atoms in total. The molecule has 0 atom stereocenters. The number of hydrogen-bond acceptors (Lipinski definition) is 4. The first-order valence-corrected chi connectivity index (χ1v) is 8.90. The lowest BCUT2D eigenvalue weighted by Gasteiger charge is -2.10. The van der Waals surface area contributed by atoms with Gasteiger partial charge in [0.15, 0.2) is 0 Å². The number of aromatic nitrogens is 1. The van der Waals surface area contributed by atoms with Crippen molar-refractivity contribution in [3.63, 3.8) is 0 Å². The number of carbonyl (C=O) groups is 1. The van der Waals surface area contributed by atoms with Crippen LogP contribution in [0.1, 0.15) is 51.6 Å². The molecule has 1 aromatic carbocycles. The van der Waals surface area contributed by atoms with Gasteiger partial charge in [0, 0.05) is 6.04 Å². The number of nitrogens with one attached hydrogen (secondary N) is 1. The topological polar surface area (TPSA) is 51.2 Å². The Balaban J connectivity index is 1.60. The molecular formula is C18H22N2O2S. The zero-order valence-electron chi connectivity index (χ0n) is 13.6. The van der Waals surface area contributed by atoms with Crippen LogP contribution in [0, 0.1) is 13.8 Å². The van der Waals surface area contributed by atoms with E-state index in [1.807, 2.05) is 38.1 Å². The van der Waals surface area contributed by atoms with E-state index in [1.165, 1.54) is 29.7 Å². The van der Waals surface area contributed by atoms with E-state index < -0.39 is 0 Å². The third-order valence-electron chi connectivity index (χ3n) is 4.12. The third-order valence-corrected chi connectivity index (χ3v) is 5.25. The van der Waals surface area contributed by atoms with Gasteiger partial charge in [-0.1, -0.05) is 30.5 Å². The number of carbonyl (C=O) groups excluding carboxylic acids is 1. The van der Waals surface area contributed by atoms with Crippen LogP contribution < -0.4 is 10.1 Å². The van der Waals surface area contributed by atoms with E-state index in [-0.39, 0.29) is 5.91 Å². The molecular weight excluding hydrogens is 308 g/mol. The van der Waals surface area contributed by atoms with E-state index in [1.54, 1.807) is 0 Å². The van der Waals surface area contributed by atoms with E-state index in [4.69, 9.17) is 4.74 Å². The number of hydrogen-bond donors (Lipinski definition) is 1. The van der Waals surface area contributed by atoms with Gasteiger partial charge < -0.3 is 10.1 Å². The first kappa shape index (κ1) is 16.0. The van der Waals surface area contributed by atoms with Gasteiger partial charge in [0.25, 0.3) is 5.91 Å². The lowest BCUT2D eigenvalue weighted by molar-refractivity contribution is 0.0941. The summed E-state index contributed by atoms with van der Waals surface area (Å²) in [7, 11) is 0. The van der Waals surface area contributed by atoms with Gasteiger partial charge in [0.05, 0.1) is 5.69 Å². The second-order valence-corrected chi connectivity index (χ2v) is 7.16. The zero-order valence-corrected chi connectivity index (χ0v) is 14.4. The molecule has 1 N–H and O–H groups in total. The van der Waals surface area contributed by atoms with E-state index >= 15 is 0 Å². The fourth-order valence-electron chi connectivity index (χ4n) is 2.83. The van der Waals surface area contributed by atoms with Gasteiger partial charge in [-0.3, -0.25) is 4.79 Å². The summed E-state index contributed by atoms with van der Waals surface area (Å²) in [6.07, 6.45) is 4.60. The van der Waals surface area contributed by atoms with Crippen LogP contribution >= 0.6 is 11.3 Å². The molecule has 0 saturated heterocycles. The van der Waals surface area contributed by atoms with Crippen LogP contribution in [0.2, 0.25) is 0 Å². The summed E-state index contributed by atoms with van der Waals surface area (Å²) in [5.74, 6) is 0.828. The number of amides is 1. The maximum absolute atomic E-state index is 12.4. The highest BCUT2D eigenvalue weighted by Gasteiger charge is 2.21.